The number of pyridine rings is 1. The van der Waals surface area contributed by atoms with Crippen molar-refractivity contribution in [2.45, 2.75) is 37.8 Å². The largest absolute Gasteiger partial charge is 0.365 e. The summed E-state index contributed by atoms with van der Waals surface area (Å²) < 4.78 is 0. The van der Waals surface area contributed by atoms with Gasteiger partial charge in [-0.2, -0.15) is 4.98 Å². The molecule has 0 spiro atoms. The van der Waals surface area contributed by atoms with Gasteiger partial charge in [-0.15, -0.1) is 0 Å². The van der Waals surface area contributed by atoms with E-state index >= 15 is 0 Å². The molecule has 4 rings (SSSR count). The highest BCUT2D eigenvalue weighted by Crippen LogP contribution is 2.24. The first-order valence-corrected chi connectivity index (χ1v) is 9.41. The number of aromatic nitrogens is 3. The Morgan fingerprint density at radius 3 is 2.82 bits per heavy atom. The van der Waals surface area contributed by atoms with Crippen LogP contribution in [0.1, 0.15) is 36.0 Å². The Morgan fingerprint density at radius 2 is 2.00 bits per heavy atom. The van der Waals surface area contributed by atoms with Crippen molar-refractivity contribution in [3.05, 3.63) is 48.3 Å². The van der Waals surface area contributed by atoms with Gasteiger partial charge in [-0.1, -0.05) is 25.0 Å². The summed E-state index contributed by atoms with van der Waals surface area (Å²) in [6.07, 6.45) is 7.39. The normalized spacial score (nSPS) is 19.3. The van der Waals surface area contributed by atoms with Crippen molar-refractivity contribution >= 4 is 34.3 Å². The van der Waals surface area contributed by atoms with Crippen molar-refractivity contribution in [1.29, 1.82) is 0 Å². The number of carbonyl (C=O) groups is 1. The van der Waals surface area contributed by atoms with Crippen LogP contribution in [0.25, 0.3) is 10.9 Å². The SMILES string of the molecule is NC(=O)c1cnc(N[C@@H]2CCCC[C@@H]2N)nc1Nc1ccc2cccnc2c1. The molecular weight excluding hydrogens is 354 g/mol. The maximum Gasteiger partial charge on any atom is 0.254 e. The van der Waals surface area contributed by atoms with Crippen molar-refractivity contribution in [3.63, 3.8) is 0 Å². The van der Waals surface area contributed by atoms with Gasteiger partial charge in [0.05, 0.1) is 5.52 Å². The fraction of sp³-hybridized carbons (Fsp3) is 0.300. The zero-order chi connectivity index (χ0) is 19.5. The number of nitrogens with zero attached hydrogens (tertiary/aromatic N) is 3. The first-order valence-electron chi connectivity index (χ1n) is 9.41. The van der Waals surface area contributed by atoms with Gasteiger partial charge < -0.3 is 22.1 Å². The van der Waals surface area contributed by atoms with Gasteiger partial charge in [-0.05, 0) is 31.0 Å². The Morgan fingerprint density at radius 1 is 1.14 bits per heavy atom. The van der Waals surface area contributed by atoms with Gasteiger partial charge in [0, 0.05) is 35.6 Å². The van der Waals surface area contributed by atoms with E-state index in [4.69, 9.17) is 11.5 Å². The van der Waals surface area contributed by atoms with Crippen molar-refractivity contribution in [1.82, 2.24) is 15.0 Å². The quantitative estimate of drug-likeness (QED) is 0.537. The van der Waals surface area contributed by atoms with E-state index < -0.39 is 5.91 Å². The number of nitrogens with one attached hydrogen (secondary N) is 2. The summed E-state index contributed by atoms with van der Waals surface area (Å²) in [5.74, 6) is 0.181. The molecule has 2 aromatic heterocycles. The molecule has 2 heterocycles. The second kappa shape index (κ2) is 7.77. The van der Waals surface area contributed by atoms with E-state index in [2.05, 4.69) is 25.6 Å². The molecule has 8 nitrogen and oxygen atoms in total. The van der Waals surface area contributed by atoms with Crippen LogP contribution in [-0.4, -0.2) is 32.9 Å². The second-order valence-corrected chi connectivity index (χ2v) is 7.06. The van der Waals surface area contributed by atoms with E-state index in [0.29, 0.717) is 11.8 Å². The molecule has 8 heteroatoms. The topological polar surface area (TPSA) is 132 Å². The molecule has 1 saturated carbocycles. The minimum Gasteiger partial charge on any atom is -0.365 e. The van der Waals surface area contributed by atoms with Crippen LogP contribution in [0.2, 0.25) is 0 Å². The molecule has 144 valence electrons. The number of anilines is 3. The van der Waals surface area contributed by atoms with Crippen LogP contribution < -0.4 is 22.1 Å². The Labute approximate surface area is 162 Å². The molecule has 1 aliphatic carbocycles. The van der Waals surface area contributed by atoms with Crippen LogP contribution in [0.4, 0.5) is 17.5 Å². The molecule has 1 fully saturated rings. The van der Waals surface area contributed by atoms with Crippen molar-refractivity contribution in [3.8, 4) is 0 Å². The predicted octanol–water partition coefficient (Wildman–Crippen LogP) is 2.55. The first-order chi connectivity index (χ1) is 13.6. The third kappa shape index (κ3) is 3.86. The van der Waals surface area contributed by atoms with E-state index in [1.807, 2.05) is 30.3 Å². The van der Waals surface area contributed by atoms with Crippen molar-refractivity contribution < 1.29 is 4.79 Å². The zero-order valence-corrected chi connectivity index (χ0v) is 15.4. The van der Waals surface area contributed by atoms with E-state index in [0.717, 1.165) is 42.3 Å². The number of primary amides is 1. The molecule has 28 heavy (non-hydrogen) atoms. The summed E-state index contributed by atoms with van der Waals surface area (Å²) in [4.78, 5) is 24.9. The van der Waals surface area contributed by atoms with Gasteiger partial charge >= 0.3 is 0 Å². The maximum atomic E-state index is 11.8. The van der Waals surface area contributed by atoms with Crippen LogP contribution in [0.3, 0.4) is 0 Å². The number of rotatable bonds is 5. The highest BCUT2D eigenvalue weighted by Gasteiger charge is 2.23. The monoisotopic (exact) mass is 377 g/mol. The summed E-state index contributed by atoms with van der Waals surface area (Å²) >= 11 is 0. The van der Waals surface area contributed by atoms with Crippen LogP contribution in [0.15, 0.2) is 42.7 Å². The molecule has 0 unspecified atom stereocenters. The van der Waals surface area contributed by atoms with Gasteiger partial charge in [-0.25, -0.2) is 4.98 Å². The number of benzene rings is 1. The lowest BCUT2D eigenvalue weighted by Gasteiger charge is -2.29. The lowest BCUT2D eigenvalue weighted by atomic mass is 9.91. The smallest absolute Gasteiger partial charge is 0.254 e. The maximum absolute atomic E-state index is 11.8. The first kappa shape index (κ1) is 18.1. The second-order valence-electron chi connectivity index (χ2n) is 7.06. The standard InChI is InChI=1S/C20H23N7O/c21-15-5-1-2-6-16(15)26-20-24-11-14(18(22)28)19(27-20)25-13-8-7-12-4-3-9-23-17(12)10-13/h3-4,7-11,15-16H,1-2,5-6,21H2,(H2,22,28)(H2,24,25,26,27)/t15-,16+/m0/s1. The molecule has 1 amide bonds. The molecule has 0 bridgehead atoms. The number of amides is 1. The number of hydrogen-bond acceptors (Lipinski definition) is 7. The highest BCUT2D eigenvalue weighted by atomic mass is 16.1. The van der Waals surface area contributed by atoms with Gasteiger partial charge in [0.15, 0.2) is 0 Å². The Kier molecular flexibility index (Phi) is 5.03. The number of hydrogen-bond donors (Lipinski definition) is 4. The summed E-state index contributed by atoms with van der Waals surface area (Å²) in [5, 5.41) is 7.50. The van der Waals surface area contributed by atoms with E-state index in [1.54, 1.807) is 6.20 Å². The molecular formula is C20H23N7O. The lowest BCUT2D eigenvalue weighted by molar-refractivity contribution is 0.100. The van der Waals surface area contributed by atoms with Crippen molar-refractivity contribution in [2.75, 3.05) is 10.6 Å². The van der Waals surface area contributed by atoms with Crippen LogP contribution in [-0.2, 0) is 0 Å². The Hall–Kier alpha value is -3.26. The van der Waals surface area contributed by atoms with Crippen LogP contribution in [0.5, 0.6) is 0 Å². The van der Waals surface area contributed by atoms with Gasteiger partial charge in [0.1, 0.15) is 11.4 Å². The average Bonchev–Trinajstić information content (AvgIpc) is 2.70. The third-order valence-electron chi connectivity index (χ3n) is 5.06. The molecule has 1 aromatic carbocycles. The van der Waals surface area contributed by atoms with E-state index in [1.165, 1.54) is 6.20 Å². The molecule has 2 atom stereocenters. The van der Waals surface area contributed by atoms with Gasteiger partial charge in [0.2, 0.25) is 5.95 Å². The molecule has 3 aromatic rings. The molecule has 6 N–H and O–H groups in total. The predicted molar refractivity (Wildman–Crippen MR) is 109 cm³/mol. The van der Waals surface area contributed by atoms with Crippen LogP contribution in [0, 0.1) is 0 Å². The molecule has 0 radical (unpaired) electrons. The average molecular weight is 377 g/mol. The highest BCUT2D eigenvalue weighted by molar-refractivity contribution is 5.98. The fourth-order valence-electron chi connectivity index (χ4n) is 3.51. The van der Waals surface area contributed by atoms with Crippen molar-refractivity contribution in [2.24, 2.45) is 11.5 Å². The fourth-order valence-corrected chi connectivity index (χ4v) is 3.51. The molecule has 0 saturated heterocycles. The summed E-state index contributed by atoms with van der Waals surface area (Å²) in [7, 11) is 0. The van der Waals surface area contributed by atoms with Gasteiger partial charge in [0.25, 0.3) is 5.91 Å². The summed E-state index contributed by atoms with van der Waals surface area (Å²) in [5.41, 5.74) is 13.5. The van der Waals surface area contributed by atoms with Crippen LogP contribution >= 0.6 is 0 Å². The van der Waals surface area contributed by atoms with E-state index in [9.17, 15) is 4.79 Å². The lowest BCUT2D eigenvalue weighted by Crippen LogP contribution is -2.43. The Balaban J connectivity index is 1.62. The summed E-state index contributed by atoms with van der Waals surface area (Å²) in [6, 6.07) is 9.81. The number of carbonyl (C=O) groups excluding carboxylic acids is 1. The third-order valence-corrected chi connectivity index (χ3v) is 5.06. The minimum absolute atomic E-state index is 0.0659. The van der Waals surface area contributed by atoms with E-state index in [-0.39, 0.29) is 17.6 Å². The van der Waals surface area contributed by atoms with Gasteiger partial charge in [-0.3, -0.25) is 9.78 Å². The number of fused-ring (bicyclic) bond motifs is 1. The molecule has 1 aliphatic rings. The zero-order valence-electron chi connectivity index (χ0n) is 15.4. The number of nitrogens with two attached hydrogens (primary N) is 2. The molecule has 0 aliphatic heterocycles. The summed E-state index contributed by atoms with van der Waals surface area (Å²) in [6.45, 7) is 0. The minimum atomic E-state index is -0.595. The Bertz CT molecular complexity index is 1010.